The molecule has 4 heteroatoms. The van der Waals surface area contributed by atoms with Gasteiger partial charge in [-0.3, -0.25) is 4.21 Å². The molecule has 1 rings (SSSR count). The molecule has 0 aromatic rings. The quantitative estimate of drug-likeness (QED) is 0.713. The van der Waals surface area contributed by atoms with E-state index in [9.17, 15) is 14.4 Å². The summed E-state index contributed by atoms with van der Waals surface area (Å²) in [6.45, 7) is 1.97. The second kappa shape index (κ2) is 5.44. The van der Waals surface area contributed by atoms with E-state index >= 15 is 0 Å². The van der Waals surface area contributed by atoms with Crippen LogP contribution in [0.25, 0.3) is 0 Å². The van der Waals surface area contributed by atoms with Crippen LogP contribution in [0.2, 0.25) is 0 Å². The maximum Gasteiger partial charge on any atom is 0.106 e. The number of hydrogen-bond acceptors (Lipinski definition) is 3. The fraction of sp³-hybridized carbons (Fsp3) is 0.600. The summed E-state index contributed by atoms with van der Waals surface area (Å²) in [6.07, 6.45) is 4.07. The van der Waals surface area contributed by atoms with Gasteiger partial charge in [-0.2, -0.15) is 0 Å². The Morgan fingerprint density at radius 2 is 2.21 bits per heavy atom. The molecule has 0 fully saturated rings. The lowest BCUT2D eigenvalue weighted by Crippen LogP contribution is -2.30. The Hall–Kier alpha value is -0.450. The van der Waals surface area contributed by atoms with Crippen molar-refractivity contribution < 1.29 is 14.4 Å². The van der Waals surface area contributed by atoms with E-state index in [-0.39, 0.29) is 0 Å². The molecule has 0 aromatic heterocycles. The van der Waals surface area contributed by atoms with Gasteiger partial charge in [0.15, 0.2) is 0 Å². The van der Waals surface area contributed by atoms with Gasteiger partial charge in [-0.15, -0.1) is 0 Å². The molecule has 0 aliphatic heterocycles. The summed E-state index contributed by atoms with van der Waals surface area (Å²) in [7, 11) is -0.927. The van der Waals surface area contributed by atoms with Crippen molar-refractivity contribution in [1.82, 2.24) is 0 Å². The van der Waals surface area contributed by atoms with Gasteiger partial charge in [0.1, 0.15) is 12.2 Å². The Morgan fingerprint density at radius 3 is 2.86 bits per heavy atom. The van der Waals surface area contributed by atoms with Crippen molar-refractivity contribution in [3.8, 4) is 0 Å². The number of allylic oxidation sites excluding steroid dienone is 2. The second-order valence-electron chi connectivity index (χ2n) is 3.35. The smallest absolute Gasteiger partial charge is 0.106 e. The largest absolute Gasteiger partial charge is 0.386 e. The van der Waals surface area contributed by atoms with Gasteiger partial charge in [0.05, 0.1) is 0 Å². The summed E-state index contributed by atoms with van der Waals surface area (Å²) in [5.74, 6) is 1.00. The molecule has 0 heterocycles. The van der Waals surface area contributed by atoms with Crippen LogP contribution < -0.4 is 0 Å². The Labute approximate surface area is 86.6 Å². The molecule has 0 unspecified atom stereocenters. The monoisotopic (exact) mass is 216 g/mol. The summed E-state index contributed by atoms with van der Waals surface area (Å²) >= 11 is 0. The first kappa shape index (κ1) is 11.6. The van der Waals surface area contributed by atoms with E-state index in [1.165, 1.54) is 6.08 Å². The highest BCUT2D eigenvalue weighted by molar-refractivity contribution is 7.85. The molecular weight excluding hydrogens is 200 g/mol. The van der Waals surface area contributed by atoms with Crippen molar-refractivity contribution in [3.05, 3.63) is 23.8 Å². The Kier molecular flexibility index (Phi) is 4.51. The number of aliphatic hydroxyl groups is 2. The van der Waals surface area contributed by atoms with Crippen LogP contribution in [0.3, 0.4) is 0 Å². The van der Waals surface area contributed by atoms with Gasteiger partial charge in [0.2, 0.25) is 0 Å². The minimum absolute atomic E-state index is 0.358. The normalized spacial score (nSPS) is 28.6. The predicted molar refractivity (Wildman–Crippen MR) is 57.4 cm³/mol. The van der Waals surface area contributed by atoms with Crippen LogP contribution in [0, 0.1) is 0 Å². The SMILES string of the molecule is CCC[S@@](=O)CC1=CC=C[C@H](O)[C@@H]1O. The summed E-state index contributed by atoms with van der Waals surface area (Å²) in [5.41, 5.74) is 0.659. The maximum absolute atomic E-state index is 11.4. The zero-order valence-corrected chi connectivity index (χ0v) is 9.04. The molecule has 1 aliphatic rings. The molecule has 3 nitrogen and oxygen atoms in total. The molecule has 0 saturated heterocycles. The van der Waals surface area contributed by atoms with E-state index in [1.807, 2.05) is 6.92 Å². The molecular formula is C10H16O3S. The topological polar surface area (TPSA) is 57.5 Å². The molecule has 1 aliphatic carbocycles. The zero-order chi connectivity index (χ0) is 10.6. The minimum atomic E-state index is -0.927. The van der Waals surface area contributed by atoms with Crippen LogP contribution in [0.4, 0.5) is 0 Å². The van der Waals surface area contributed by atoms with Crippen molar-refractivity contribution in [2.75, 3.05) is 11.5 Å². The third-order valence-electron chi connectivity index (χ3n) is 2.08. The van der Waals surface area contributed by atoms with E-state index in [0.29, 0.717) is 17.1 Å². The highest BCUT2D eigenvalue weighted by Gasteiger charge is 2.21. The average molecular weight is 216 g/mol. The minimum Gasteiger partial charge on any atom is -0.386 e. The van der Waals surface area contributed by atoms with Crippen LogP contribution in [-0.4, -0.2) is 38.1 Å². The molecule has 0 aromatic carbocycles. The van der Waals surface area contributed by atoms with Gasteiger partial charge in [0, 0.05) is 22.3 Å². The second-order valence-corrected chi connectivity index (χ2v) is 4.93. The molecule has 0 saturated carbocycles. The molecule has 0 amide bonds. The van der Waals surface area contributed by atoms with Crippen molar-refractivity contribution >= 4 is 10.8 Å². The molecule has 2 N–H and O–H groups in total. The summed E-state index contributed by atoms with van der Waals surface area (Å²) in [6, 6.07) is 0. The van der Waals surface area contributed by atoms with E-state index in [2.05, 4.69) is 0 Å². The first-order valence-electron chi connectivity index (χ1n) is 4.73. The van der Waals surface area contributed by atoms with Crippen LogP contribution in [-0.2, 0) is 10.8 Å². The Balaban J connectivity index is 2.55. The van der Waals surface area contributed by atoms with Crippen LogP contribution >= 0.6 is 0 Å². The first-order valence-corrected chi connectivity index (χ1v) is 6.22. The zero-order valence-electron chi connectivity index (χ0n) is 8.22. The molecule has 0 bridgehead atoms. The molecule has 0 radical (unpaired) electrons. The third kappa shape index (κ3) is 3.04. The van der Waals surface area contributed by atoms with Crippen LogP contribution in [0.1, 0.15) is 13.3 Å². The average Bonchev–Trinajstić information content (AvgIpc) is 2.13. The van der Waals surface area contributed by atoms with E-state index in [4.69, 9.17) is 0 Å². The van der Waals surface area contributed by atoms with Gasteiger partial charge < -0.3 is 10.2 Å². The maximum atomic E-state index is 11.4. The van der Waals surface area contributed by atoms with E-state index in [0.717, 1.165) is 6.42 Å². The standard InChI is InChI=1S/C10H16O3S/c1-2-6-14(13)7-8-4-3-5-9(11)10(8)12/h3-5,9-12H,2,6-7H2,1H3/t9-,10+,14+/m0/s1. The predicted octanol–water partition coefficient (Wildman–Crippen LogP) is 0.363. The molecule has 80 valence electrons. The lowest BCUT2D eigenvalue weighted by molar-refractivity contribution is 0.0719. The van der Waals surface area contributed by atoms with Crippen molar-refractivity contribution in [2.24, 2.45) is 0 Å². The van der Waals surface area contributed by atoms with Crippen LogP contribution in [0.15, 0.2) is 23.8 Å². The van der Waals surface area contributed by atoms with Crippen molar-refractivity contribution in [2.45, 2.75) is 25.6 Å². The highest BCUT2D eigenvalue weighted by atomic mass is 32.2. The number of rotatable bonds is 4. The van der Waals surface area contributed by atoms with Gasteiger partial charge in [0.25, 0.3) is 0 Å². The van der Waals surface area contributed by atoms with Gasteiger partial charge in [-0.1, -0.05) is 25.2 Å². The first-order chi connectivity index (χ1) is 6.65. The van der Waals surface area contributed by atoms with Crippen molar-refractivity contribution in [3.63, 3.8) is 0 Å². The Morgan fingerprint density at radius 1 is 1.50 bits per heavy atom. The molecule has 14 heavy (non-hydrogen) atoms. The summed E-state index contributed by atoms with van der Waals surface area (Å²) < 4.78 is 11.4. The van der Waals surface area contributed by atoms with E-state index in [1.54, 1.807) is 12.2 Å². The highest BCUT2D eigenvalue weighted by Crippen LogP contribution is 2.14. The van der Waals surface area contributed by atoms with Gasteiger partial charge in [-0.25, -0.2) is 0 Å². The molecule has 0 spiro atoms. The lowest BCUT2D eigenvalue weighted by Gasteiger charge is -2.20. The summed E-state index contributed by atoms with van der Waals surface area (Å²) in [5, 5.41) is 18.9. The van der Waals surface area contributed by atoms with Crippen molar-refractivity contribution in [1.29, 1.82) is 0 Å². The molecule has 3 atom stereocenters. The van der Waals surface area contributed by atoms with Crippen LogP contribution in [0.5, 0.6) is 0 Å². The van der Waals surface area contributed by atoms with Gasteiger partial charge in [-0.05, 0) is 12.0 Å². The van der Waals surface area contributed by atoms with Gasteiger partial charge >= 0.3 is 0 Å². The fourth-order valence-corrected chi connectivity index (χ4v) is 2.57. The summed E-state index contributed by atoms with van der Waals surface area (Å²) in [4.78, 5) is 0. The number of aliphatic hydroxyl groups excluding tert-OH is 2. The van der Waals surface area contributed by atoms with E-state index < -0.39 is 23.0 Å². The lowest BCUT2D eigenvalue weighted by atomic mass is 10.0. The third-order valence-corrected chi connectivity index (χ3v) is 3.60. The number of hydrogen-bond donors (Lipinski definition) is 2. The fourth-order valence-electron chi connectivity index (χ4n) is 1.34. The Bertz CT molecular complexity index is 271.